The molecule has 0 spiro atoms. The molecular weight excluding hydrogens is 250 g/mol. The third-order valence-corrected chi connectivity index (χ3v) is 3.35. The van der Waals surface area contributed by atoms with Crippen molar-refractivity contribution in [2.24, 2.45) is 4.99 Å². The molecule has 0 amide bonds. The summed E-state index contributed by atoms with van der Waals surface area (Å²) < 4.78 is 59.5. The number of nitrogens with zero attached hydrogens (tertiary/aromatic N) is 1. The maximum absolute atomic E-state index is 11.2. The zero-order valence-corrected chi connectivity index (χ0v) is 8.56. The van der Waals surface area contributed by atoms with Crippen LogP contribution in [0.1, 0.15) is 0 Å². The summed E-state index contributed by atoms with van der Waals surface area (Å²) in [6.07, 6.45) is 1.06. The van der Waals surface area contributed by atoms with E-state index in [0.717, 1.165) is 0 Å². The summed E-state index contributed by atoms with van der Waals surface area (Å²) in [6.45, 7) is 0. The molecule has 0 radical (unpaired) electrons. The van der Waals surface area contributed by atoms with Gasteiger partial charge < -0.3 is 0 Å². The van der Waals surface area contributed by atoms with Crippen LogP contribution in [0.25, 0.3) is 0 Å². The minimum absolute atomic E-state index is 0.499. The second-order valence-electron chi connectivity index (χ2n) is 2.57. The van der Waals surface area contributed by atoms with Crippen molar-refractivity contribution in [3.8, 4) is 0 Å². The van der Waals surface area contributed by atoms with Gasteiger partial charge in [0.1, 0.15) is 0 Å². The molecule has 2 N–H and O–H groups in total. The molecule has 0 aromatic carbocycles. The van der Waals surface area contributed by atoms with Gasteiger partial charge in [-0.2, -0.15) is 16.8 Å². The molecule has 1 rings (SSSR count). The van der Waals surface area contributed by atoms with Crippen molar-refractivity contribution < 1.29 is 30.7 Å². The molecule has 1 unspecified atom stereocenters. The summed E-state index contributed by atoms with van der Waals surface area (Å²) in [5.41, 5.74) is 0. The van der Waals surface area contributed by atoms with Crippen LogP contribution in [0, 0.1) is 0 Å². The molecule has 1 heterocycles. The highest BCUT2D eigenvalue weighted by atomic mass is 32.2. The van der Waals surface area contributed by atoms with Gasteiger partial charge >= 0.3 is 0 Å². The molecule has 0 saturated carbocycles. The van der Waals surface area contributed by atoms with Gasteiger partial charge in [-0.25, -0.2) is 0 Å². The fourth-order valence-electron chi connectivity index (χ4n) is 0.866. The molecule has 1 aliphatic rings. The fourth-order valence-corrected chi connectivity index (χ4v) is 2.14. The van der Waals surface area contributed by atoms with E-state index in [-0.39, 0.29) is 0 Å². The summed E-state index contributed by atoms with van der Waals surface area (Å²) in [7, 11) is -9.63. The Bertz CT molecular complexity index is 552. The first-order valence-electron chi connectivity index (χ1n) is 3.35. The largest absolute Gasteiger partial charge is 0.299 e. The predicted molar refractivity (Wildman–Crippen MR) is 48.5 cm³/mol. The van der Waals surface area contributed by atoms with E-state index in [2.05, 4.69) is 4.99 Å². The number of hydrogen-bond donors (Lipinski definition) is 2. The van der Waals surface area contributed by atoms with Gasteiger partial charge in [0.2, 0.25) is 5.78 Å². The maximum atomic E-state index is 11.2. The lowest BCUT2D eigenvalue weighted by Crippen LogP contribution is -2.36. The van der Waals surface area contributed by atoms with Crippen molar-refractivity contribution in [2.75, 3.05) is 0 Å². The van der Waals surface area contributed by atoms with E-state index in [0.29, 0.717) is 12.4 Å². The van der Waals surface area contributed by atoms with Gasteiger partial charge in [0.25, 0.3) is 20.2 Å². The predicted octanol–water partition coefficient (Wildman–Crippen LogP) is -1.37. The van der Waals surface area contributed by atoms with E-state index >= 15 is 0 Å². The van der Waals surface area contributed by atoms with Gasteiger partial charge in [0.05, 0.1) is 6.20 Å². The highest BCUT2D eigenvalue weighted by molar-refractivity contribution is 7.92. The molecule has 0 aromatic heterocycles. The number of carbonyl (C=O) groups is 1. The highest BCUT2D eigenvalue weighted by Crippen LogP contribution is 2.15. The van der Waals surface area contributed by atoms with E-state index in [9.17, 15) is 21.6 Å². The molecule has 0 saturated heterocycles. The van der Waals surface area contributed by atoms with Crippen LogP contribution in [0.15, 0.2) is 16.1 Å². The number of Topliss-reactive ketones (excluding diaryl/α,β-unsaturated/α-hetero) is 1. The van der Waals surface area contributed by atoms with Crippen molar-refractivity contribution in [2.45, 2.75) is 5.25 Å². The summed E-state index contributed by atoms with van der Waals surface area (Å²) in [5.74, 6) is -1.45. The Hall–Kier alpha value is -1.10. The summed E-state index contributed by atoms with van der Waals surface area (Å²) >= 11 is 0. The molecule has 0 bridgehead atoms. The second-order valence-corrected chi connectivity index (χ2v) is 5.49. The Balaban J connectivity index is 3.28. The number of carbonyl (C=O) groups excluding carboxylic acids is 1. The SMILES string of the molecule is O=C1C(S(=O)(=O)O)=CN=CC1S(=O)(=O)O. The molecule has 10 heteroatoms. The summed E-state index contributed by atoms with van der Waals surface area (Å²) in [6, 6.07) is 0. The van der Waals surface area contributed by atoms with Crippen LogP contribution in [0.2, 0.25) is 0 Å². The van der Waals surface area contributed by atoms with Crippen LogP contribution >= 0.6 is 0 Å². The maximum Gasteiger partial charge on any atom is 0.299 e. The molecule has 1 atom stereocenters. The second kappa shape index (κ2) is 3.48. The first-order chi connectivity index (χ1) is 6.64. The number of hydrogen-bond acceptors (Lipinski definition) is 6. The van der Waals surface area contributed by atoms with Gasteiger partial charge in [-0.05, 0) is 0 Å². The Kier molecular flexibility index (Phi) is 2.78. The molecule has 15 heavy (non-hydrogen) atoms. The van der Waals surface area contributed by atoms with Crippen molar-refractivity contribution in [1.29, 1.82) is 0 Å². The molecule has 0 aliphatic carbocycles. The minimum Gasteiger partial charge on any atom is -0.291 e. The first-order valence-corrected chi connectivity index (χ1v) is 6.30. The minimum atomic E-state index is -4.85. The Morgan fingerprint density at radius 3 is 2.13 bits per heavy atom. The van der Waals surface area contributed by atoms with E-state index in [4.69, 9.17) is 9.11 Å². The average Bonchev–Trinajstić information content (AvgIpc) is 1.99. The zero-order valence-electron chi connectivity index (χ0n) is 6.93. The van der Waals surface area contributed by atoms with Crippen LogP contribution in [0.5, 0.6) is 0 Å². The highest BCUT2D eigenvalue weighted by Gasteiger charge is 2.38. The van der Waals surface area contributed by atoms with E-state index in [1.165, 1.54) is 0 Å². The van der Waals surface area contributed by atoms with Crippen LogP contribution in [-0.4, -0.2) is 43.2 Å². The smallest absolute Gasteiger partial charge is 0.291 e. The summed E-state index contributed by atoms with van der Waals surface area (Å²) in [5, 5.41) is -2.10. The van der Waals surface area contributed by atoms with E-state index in [1.54, 1.807) is 0 Å². The lowest BCUT2D eigenvalue weighted by molar-refractivity contribution is -0.113. The Morgan fingerprint density at radius 1 is 1.20 bits per heavy atom. The van der Waals surface area contributed by atoms with Crippen LogP contribution in [0.3, 0.4) is 0 Å². The topological polar surface area (TPSA) is 138 Å². The third kappa shape index (κ3) is 2.47. The lowest BCUT2D eigenvalue weighted by atomic mass is 10.2. The Labute approximate surface area is 84.8 Å². The molecule has 1 aliphatic heterocycles. The lowest BCUT2D eigenvalue weighted by Gasteiger charge is -2.11. The molecule has 0 fully saturated rings. The van der Waals surface area contributed by atoms with Crippen LogP contribution in [-0.2, 0) is 25.0 Å². The normalized spacial score (nSPS) is 22.7. The number of allylic oxidation sites excluding steroid dienone is 1. The Morgan fingerprint density at radius 2 is 1.73 bits per heavy atom. The number of rotatable bonds is 2. The average molecular weight is 255 g/mol. The number of aliphatic imine (C=N–C) groups is 1. The molecule has 0 aromatic rings. The van der Waals surface area contributed by atoms with E-state index in [1.807, 2.05) is 0 Å². The van der Waals surface area contributed by atoms with Gasteiger partial charge in [0.15, 0.2) is 10.2 Å². The van der Waals surface area contributed by atoms with Crippen molar-refractivity contribution in [1.82, 2.24) is 0 Å². The van der Waals surface area contributed by atoms with E-state index < -0.39 is 36.2 Å². The molecule has 8 nitrogen and oxygen atoms in total. The van der Waals surface area contributed by atoms with Crippen LogP contribution in [0.4, 0.5) is 0 Å². The van der Waals surface area contributed by atoms with Crippen LogP contribution < -0.4 is 0 Å². The molecule has 84 valence electrons. The van der Waals surface area contributed by atoms with Gasteiger partial charge in [-0.3, -0.25) is 18.9 Å². The summed E-state index contributed by atoms with van der Waals surface area (Å²) in [4.78, 5) is 13.1. The molecular formula is C5H5NO7S2. The fraction of sp³-hybridized carbons (Fsp3) is 0.200. The zero-order chi connectivity index (χ0) is 11.9. The third-order valence-electron chi connectivity index (χ3n) is 1.51. The van der Waals surface area contributed by atoms with Gasteiger partial charge in [0, 0.05) is 6.21 Å². The first kappa shape index (κ1) is 12.0. The monoisotopic (exact) mass is 255 g/mol. The van der Waals surface area contributed by atoms with Gasteiger partial charge in [-0.1, -0.05) is 0 Å². The van der Waals surface area contributed by atoms with Crippen molar-refractivity contribution >= 4 is 32.2 Å². The van der Waals surface area contributed by atoms with Gasteiger partial charge in [-0.15, -0.1) is 0 Å². The van der Waals surface area contributed by atoms with Crippen molar-refractivity contribution in [3.63, 3.8) is 0 Å². The standard InChI is InChI=1S/C5H5NO7S2/c7-5-3(14(8,9)10)1-6-2-4(5)15(11,12)13/h1-3H,(H,8,9,10)(H,11,12,13). The number of ketones is 1. The van der Waals surface area contributed by atoms with Crippen molar-refractivity contribution in [3.05, 3.63) is 11.1 Å². The quantitative estimate of drug-likeness (QED) is 0.580.